The van der Waals surface area contributed by atoms with Crippen LogP contribution in [0.1, 0.15) is 30.3 Å². The van der Waals surface area contributed by atoms with Crippen molar-refractivity contribution in [3.63, 3.8) is 0 Å². The van der Waals surface area contributed by atoms with E-state index >= 15 is 0 Å². The van der Waals surface area contributed by atoms with Crippen LogP contribution in [0, 0.1) is 0 Å². The first-order valence-electron chi connectivity index (χ1n) is 5.06. The van der Waals surface area contributed by atoms with Gasteiger partial charge in [0.15, 0.2) is 0 Å². The highest BCUT2D eigenvalue weighted by Crippen LogP contribution is 1.98. The fourth-order valence-electron chi connectivity index (χ4n) is 1.18. The molecule has 7 nitrogen and oxygen atoms in total. The summed E-state index contributed by atoms with van der Waals surface area (Å²) in [4.78, 5) is 38.6. The number of carboxylic acids is 1. The van der Waals surface area contributed by atoms with Gasteiger partial charge < -0.3 is 15.4 Å². The van der Waals surface area contributed by atoms with E-state index in [1.165, 1.54) is 6.20 Å². The number of carbonyl (C=O) groups is 2. The molecule has 3 N–H and O–H groups in total. The van der Waals surface area contributed by atoms with E-state index in [0.717, 1.165) is 6.20 Å². The van der Waals surface area contributed by atoms with E-state index in [0.29, 0.717) is 6.42 Å². The van der Waals surface area contributed by atoms with Crippen LogP contribution in [-0.4, -0.2) is 33.0 Å². The van der Waals surface area contributed by atoms with Crippen LogP contribution >= 0.6 is 0 Å². The van der Waals surface area contributed by atoms with Crippen LogP contribution in [0.4, 0.5) is 0 Å². The van der Waals surface area contributed by atoms with E-state index in [9.17, 15) is 14.4 Å². The minimum Gasteiger partial charge on any atom is -0.481 e. The smallest absolute Gasteiger partial charge is 0.303 e. The van der Waals surface area contributed by atoms with Crippen molar-refractivity contribution in [3.8, 4) is 0 Å². The van der Waals surface area contributed by atoms with E-state index in [1.54, 1.807) is 6.92 Å². The summed E-state index contributed by atoms with van der Waals surface area (Å²) in [6, 6.07) is -0.271. The summed E-state index contributed by atoms with van der Waals surface area (Å²) in [5.41, 5.74) is -0.299. The minimum absolute atomic E-state index is 0.0134. The van der Waals surface area contributed by atoms with Gasteiger partial charge in [0.2, 0.25) is 0 Å². The summed E-state index contributed by atoms with van der Waals surface area (Å²) in [5, 5.41) is 11.1. The predicted octanol–water partition coefficient (Wildman–Crippen LogP) is -0.247. The van der Waals surface area contributed by atoms with Gasteiger partial charge in [0.25, 0.3) is 11.5 Å². The van der Waals surface area contributed by atoms with Crippen molar-refractivity contribution in [1.29, 1.82) is 0 Å². The average molecular weight is 239 g/mol. The standard InChI is InChI=1S/C10H13N3O4/c1-6(2-3-9(15)16)13-10(17)7-4-12-8(14)5-11-7/h4-6H,2-3H2,1H3,(H,12,14)(H,13,17)(H,15,16). The summed E-state index contributed by atoms with van der Waals surface area (Å²) < 4.78 is 0. The normalized spacial score (nSPS) is 11.8. The molecule has 0 aliphatic carbocycles. The molecule has 0 radical (unpaired) electrons. The Morgan fingerprint density at radius 3 is 2.82 bits per heavy atom. The molecule has 1 unspecified atom stereocenters. The molecule has 0 saturated heterocycles. The number of nitrogens with one attached hydrogen (secondary N) is 2. The molecule has 0 aliphatic heterocycles. The number of rotatable bonds is 5. The number of hydrogen-bond acceptors (Lipinski definition) is 4. The number of aromatic amines is 1. The quantitative estimate of drug-likeness (QED) is 0.656. The van der Waals surface area contributed by atoms with E-state index in [4.69, 9.17) is 5.11 Å². The third kappa shape index (κ3) is 4.45. The molecule has 1 amide bonds. The average Bonchev–Trinajstić information content (AvgIpc) is 2.27. The Balaban J connectivity index is 2.51. The van der Waals surface area contributed by atoms with Crippen LogP contribution in [0.3, 0.4) is 0 Å². The number of H-pyrrole nitrogens is 1. The molecule has 1 rings (SSSR count). The fraction of sp³-hybridized carbons (Fsp3) is 0.400. The van der Waals surface area contributed by atoms with Gasteiger partial charge >= 0.3 is 5.97 Å². The number of nitrogens with zero attached hydrogens (tertiary/aromatic N) is 1. The number of hydrogen-bond donors (Lipinski definition) is 3. The summed E-state index contributed by atoms with van der Waals surface area (Å²) in [6.07, 6.45) is 2.54. The highest BCUT2D eigenvalue weighted by Gasteiger charge is 2.11. The first kappa shape index (κ1) is 12.9. The maximum Gasteiger partial charge on any atom is 0.303 e. The molecule has 17 heavy (non-hydrogen) atoms. The van der Waals surface area contributed by atoms with Gasteiger partial charge in [-0.25, -0.2) is 4.98 Å². The Kier molecular flexibility index (Phi) is 4.38. The molecule has 0 bridgehead atoms. The molecule has 0 aliphatic rings. The molecule has 92 valence electrons. The van der Waals surface area contributed by atoms with Crippen LogP contribution in [0.5, 0.6) is 0 Å². The maximum atomic E-state index is 11.6. The van der Waals surface area contributed by atoms with Gasteiger partial charge in [-0.1, -0.05) is 0 Å². The van der Waals surface area contributed by atoms with Gasteiger partial charge in [-0.05, 0) is 13.3 Å². The van der Waals surface area contributed by atoms with E-state index in [1.807, 2.05) is 0 Å². The largest absolute Gasteiger partial charge is 0.481 e. The number of amides is 1. The minimum atomic E-state index is -0.909. The first-order chi connectivity index (χ1) is 7.99. The lowest BCUT2D eigenvalue weighted by molar-refractivity contribution is -0.137. The molecular formula is C10H13N3O4. The molecule has 1 heterocycles. The van der Waals surface area contributed by atoms with Crippen molar-refractivity contribution in [1.82, 2.24) is 15.3 Å². The van der Waals surface area contributed by atoms with Gasteiger partial charge in [-0.15, -0.1) is 0 Å². The molecular weight excluding hydrogens is 226 g/mol. The zero-order valence-electron chi connectivity index (χ0n) is 9.27. The molecule has 1 atom stereocenters. The second-order valence-electron chi connectivity index (χ2n) is 3.60. The van der Waals surface area contributed by atoms with Gasteiger partial charge in [-0.2, -0.15) is 0 Å². The number of aliphatic carboxylic acids is 1. The van der Waals surface area contributed by atoms with Crippen molar-refractivity contribution < 1.29 is 14.7 Å². The maximum absolute atomic E-state index is 11.6. The third-order valence-corrected chi connectivity index (χ3v) is 2.07. The third-order valence-electron chi connectivity index (χ3n) is 2.07. The summed E-state index contributed by atoms with van der Waals surface area (Å²) in [7, 11) is 0. The van der Waals surface area contributed by atoms with Crippen LogP contribution < -0.4 is 10.9 Å². The Labute approximate surface area is 96.9 Å². The van der Waals surface area contributed by atoms with Crippen LogP contribution in [0.2, 0.25) is 0 Å². The zero-order chi connectivity index (χ0) is 12.8. The van der Waals surface area contributed by atoms with Crippen LogP contribution in [0.15, 0.2) is 17.2 Å². The Bertz CT molecular complexity index is 448. The van der Waals surface area contributed by atoms with Crippen LogP contribution in [-0.2, 0) is 4.79 Å². The topological polar surface area (TPSA) is 112 Å². The second kappa shape index (κ2) is 5.78. The lowest BCUT2D eigenvalue weighted by atomic mass is 10.2. The fourth-order valence-corrected chi connectivity index (χ4v) is 1.18. The van der Waals surface area contributed by atoms with Crippen molar-refractivity contribution in [2.75, 3.05) is 0 Å². The summed E-state index contributed by atoms with van der Waals surface area (Å²) >= 11 is 0. The second-order valence-corrected chi connectivity index (χ2v) is 3.60. The van der Waals surface area contributed by atoms with Crippen molar-refractivity contribution in [2.24, 2.45) is 0 Å². The highest BCUT2D eigenvalue weighted by molar-refractivity contribution is 5.92. The van der Waals surface area contributed by atoms with Crippen LogP contribution in [0.25, 0.3) is 0 Å². The van der Waals surface area contributed by atoms with Crippen molar-refractivity contribution in [3.05, 3.63) is 28.4 Å². The van der Waals surface area contributed by atoms with Gasteiger partial charge in [-0.3, -0.25) is 14.4 Å². The molecule has 7 heteroatoms. The lowest BCUT2D eigenvalue weighted by Gasteiger charge is -2.11. The van der Waals surface area contributed by atoms with Gasteiger partial charge in [0, 0.05) is 18.7 Å². The van der Waals surface area contributed by atoms with Gasteiger partial charge in [0.1, 0.15) is 5.69 Å². The monoisotopic (exact) mass is 239 g/mol. The van der Waals surface area contributed by atoms with E-state index < -0.39 is 11.9 Å². The number of aromatic nitrogens is 2. The first-order valence-corrected chi connectivity index (χ1v) is 5.06. The predicted molar refractivity (Wildman–Crippen MR) is 58.7 cm³/mol. The molecule has 1 aromatic rings. The Morgan fingerprint density at radius 2 is 2.29 bits per heavy atom. The number of carbonyl (C=O) groups excluding carboxylic acids is 1. The molecule has 0 fully saturated rings. The Hall–Kier alpha value is -2.18. The van der Waals surface area contributed by atoms with Crippen molar-refractivity contribution in [2.45, 2.75) is 25.8 Å². The highest BCUT2D eigenvalue weighted by atomic mass is 16.4. The van der Waals surface area contributed by atoms with Gasteiger partial charge in [0.05, 0.1) is 6.20 Å². The number of carboxylic acid groups (broad SMARTS) is 1. The van der Waals surface area contributed by atoms with E-state index in [-0.39, 0.29) is 23.7 Å². The molecule has 0 saturated carbocycles. The Morgan fingerprint density at radius 1 is 1.59 bits per heavy atom. The molecule has 1 aromatic heterocycles. The zero-order valence-corrected chi connectivity index (χ0v) is 9.27. The molecule has 0 aromatic carbocycles. The summed E-state index contributed by atoms with van der Waals surface area (Å²) in [5.74, 6) is -1.35. The van der Waals surface area contributed by atoms with E-state index in [2.05, 4.69) is 15.3 Å². The SMILES string of the molecule is CC(CCC(=O)O)NC(=O)c1c[nH]c(=O)cn1. The lowest BCUT2D eigenvalue weighted by Crippen LogP contribution is -2.33. The van der Waals surface area contributed by atoms with Crippen molar-refractivity contribution >= 4 is 11.9 Å². The summed E-state index contributed by atoms with van der Waals surface area (Å²) in [6.45, 7) is 1.70. The molecule has 0 spiro atoms.